The van der Waals surface area contributed by atoms with Crippen LogP contribution in [0.15, 0.2) is 65.9 Å². The van der Waals surface area contributed by atoms with Gasteiger partial charge in [0.05, 0.1) is 29.8 Å². The number of rotatable bonds is 3. The molecule has 1 atom stereocenters. The van der Waals surface area contributed by atoms with Crippen LogP contribution in [0.4, 0.5) is 10.5 Å². The molecule has 0 saturated carbocycles. The summed E-state index contributed by atoms with van der Waals surface area (Å²) in [6.45, 7) is 0.192. The van der Waals surface area contributed by atoms with E-state index in [4.69, 9.17) is 0 Å². The van der Waals surface area contributed by atoms with E-state index in [0.29, 0.717) is 17.0 Å². The number of urea groups is 1. The molecular weight excluding hydrogens is 346 g/mol. The highest BCUT2D eigenvalue weighted by Crippen LogP contribution is 2.37. The molecule has 136 valence electrons. The van der Waals surface area contributed by atoms with Gasteiger partial charge in [0.1, 0.15) is 0 Å². The molecule has 1 N–H and O–H groups in total. The average Bonchev–Trinajstić information content (AvgIpc) is 3.03. The molecular formula is C20H16N3O4-. The monoisotopic (exact) mass is 362 g/mol. The number of likely N-dealkylation sites (N-methyl/N-ethyl adjacent to an activating group) is 1. The Morgan fingerprint density at radius 2 is 1.85 bits per heavy atom. The van der Waals surface area contributed by atoms with Crippen molar-refractivity contribution in [3.05, 3.63) is 77.0 Å². The molecule has 2 aliphatic rings. The summed E-state index contributed by atoms with van der Waals surface area (Å²) < 4.78 is 0. The second-order valence-electron chi connectivity index (χ2n) is 6.44. The summed E-state index contributed by atoms with van der Waals surface area (Å²) in [5.74, 6) is -1.57. The number of nitrogens with one attached hydrogen (secondary N) is 1. The van der Waals surface area contributed by atoms with Crippen LogP contribution in [0.3, 0.4) is 0 Å². The van der Waals surface area contributed by atoms with E-state index in [1.54, 1.807) is 19.2 Å². The number of carbonyl (C=O) groups excluding carboxylic acids is 3. The molecule has 4 rings (SSSR count). The minimum Gasteiger partial charge on any atom is -0.545 e. The van der Waals surface area contributed by atoms with Crippen LogP contribution in [0.5, 0.6) is 0 Å². The lowest BCUT2D eigenvalue weighted by Crippen LogP contribution is -2.45. The van der Waals surface area contributed by atoms with Crippen molar-refractivity contribution < 1.29 is 19.5 Å². The number of amides is 3. The molecule has 2 aliphatic heterocycles. The first-order chi connectivity index (χ1) is 13.0. The van der Waals surface area contributed by atoms with E-state index in [0.717, 1.165) is 5.56 Å². The Morgan fingerprint density at radius 3 is 2.56 bits per heavy atom. The summed E-state index contributed by atoms with van der Waals surface area (Å²) in [5, 5.41) is 14.0. The second-order valence-corrected chi connectivity index (χ2v) is 6.44. The fourth-order valence-electron chi connectivity index (χ4n) is 3.47. The topological polar surface area (TPSA) is 92.8 Å². The van der Waals surface area contributed by atoms with Gasteiger partial charge in [0, 0.05) is 12.7 Å². The van der Waals surface area contributed by atoms with Crippen molar-refractivity contribution in [2.24, 2.45) is 0 Å². The van der Waals surface area contributed by atoms with Gasteiger partial charge >= 0.3 is 6.03 Å². The van der Waals surface area contributed by atoms with E-state index in [9.17, 15) is 19.5 Å². The number of carboxylic acids is 1. The SMILES string of the molecule is CN1C(=O)N[C@@H](c2ccccc2)C2=C1CN(c1cccc(C(=O)[O-])c1)C2=O. The first kappa shape index (κ1) is 16.8. The van der Waals surface area contributed by atoms with Crippen LogP contribution in [-0.4, -0.2) is 36.4 Å². The third kappa shape index (κ3) is 2.73. The van der Waals surface area contributed by atoms with E-state index in [1.807, 2.05) is 30.3 Å². The Hall–Kier alpha value is -3.61. The lowest BCUT2D eigenvalue weighted by Gasteiger charge is -2.31. The van der Waals surface area contributed by atoms with Gasteiger partial charge in [-0.3, -0.25) is 9.69 Å². The van der Waals surface area contributed by atoms with Gasteiger partial charge in [0.15, 0.2) is 0 Å². The van der Waals surface area contributed by atoms with E-state index in [2.05, 4.69) is 5.32 Å². The summed E-state index contributed by atoms with van der Waals surface area (Å²) in [6.07, 6.45) is 0. The third-order valence-corrected chi connectivity index (χ3v) is 4.89. The normalized spacial score (nSPS) is 19.2. The van der Waals surface area contributed by atoms with Crippen LogP contribution >= 0.6 is 0 Å². The maximum Gasteiger partial charge on any atom is 0.322 e. The van der Waals surface area contributed by atoms with Gasteiger partial charge in [-0.1, -0.05) is 42.5 Å². The predicted octanol–water partition coefficient (Wildman–Crippen LogP) is 1.05. The van der Waals surface area contributed by atoms with Crippen molar-refractivity contribution in [2.45, 2.75) is 6.04 Å². The van der Waals surface area contributed by atoms with Gasteiger partial charge in [-0.2, -0.15) is 0 Å². The first-order valence-electron chi connectivity index (χ1n) is 8.43. The van der Waals surface area contributed by atoms with Gasteiger partial charge in [-0.15, -0.1) is 0 Å². The van der Waals surface area contributed by atoms with Crippen LogP contribution in [0.2, 0.25) is 0 Å². The van der Waals surface area contributed by atoms with Crippen LogP contribution in [0.1, 0.15) is 22.0 Å². The molecule has 7 heteroatoms. The summed E-state index contributed by atoms with van der Waals surface area (Å²) in [7, 11) is 1.61. The zero-order valence-electron chi connectivity index (χ0n) is 14.5. The van der Waals surface area contributed by atoms with Crippen molar-refractivity contribution in [1.29, 1.82) is 0 Å². The lowest BCUT2D eigenvalue weighted by molar-refractivity contribution is -0.255. The highest BCUT2D eigenvalue weighted by molar-refractivity contribution is 6.12. The van der Waals surface area contributed by atoms with Gasteiger partial charge in [-0.25, -0.2) is 4.79 Å². The number of carbonyl (C=O) groups is 3. The third-order valence-electron chi connectivity index (χ3n) is 4.89. The van der Waals surface area contributed by atoms with Gasteiger partial charge in [0.25, 0.3) is 5.91 Å². The van der Waals surface area contributed by atoms with Crippen molar-refractivity contribution in [3.8, 4) is 0 Å². The summed E-state index contributed by atoms with van der Waals surface area (Å²) in [6, 6.07) is 14.5. The van der Waals surface area contributed by atoms with Gasteiger partial charge in [-0.05, 0) is 23.3 Å². The van der Waals surface area contributed by atoms with E-state index in [-0.39, 0.29) is 24.0 Å². The molecule has 7 nitrogen and oxygen atoms in total. The average molecular weight is 362 g/mol. The Bertz CT molecular complexity index is 984. The van der Waals surface area contributed by atoms with Crippen LogP contribution in [0, 0.1) is 0 Å². The van der Waals surface area contributed by atoms with Crippen LogP contribution in [0.25, 0.3) is 0 Å². The summed E-state index contributed by atoms with van der Waals surface area (Å²) in [5.41, 5.74) is 2.35. The fraction of sp³-hybridized carbons (Fsp3) is 0.150. The predicted molar refractivity (Wildman–Crippen MR) is 95.6 cm³/mol. The molecule has 2 aromatic rings. The van der Waals surface area contributed by atoms with Gasteiger partial charge < -0.3 is 20.1 Å². The first-order valence-corrected chi connectivity index (χ1v) is 8.43. The minimum atomic E-state index is -1.31. The quantitative estimate of drug-likeness (QED) is 0.883. The second kappa shape index (κ2) is 6.28. The van der Waals surface area contributed by atoms with Crippen molar-refractivity contribution >= 4 is 23.6 Å². The zero-order valence-corrected chi connectivity index (χ0v) is 14.5. The number of anilines is 1. The molecule has 2 aromatic carbocycles. The summed E-state index contributed by atoms with van der Waals surface area (Å²) >= 11 is 0. The molecule has 0 fully saturated rings. The molecule has 3 amide bonds. The van der Waals surface area contributed by atoms with Crippen molar-refractivity contribution in [2.75, 3.05) is 18.5 Å². The number of nitrogens with zero attached hydrogens (tertiary/aromatic N) is 2. The molecule has 0 radical (unpaired) electrons. The smallest absolute Gasteiger partial charge is 0.322 e. The van der Waals surface area contributed by atoms with Gasteiger partial charge in [0.2, 0.25) is 0 Å². The standard InChI is InChI=1S/C20H17N3O4/c1-22-15-11-23(14-9-5-8-13(10-14)19(25)26)18(24)16(15)17(21-20(22)27)12-6-3-2-4-7-12/h2-10,17H,11H2,1H3,(H,21,27)(H,25,26)/p-1/t17-/m0/s1. The number of aromatic carboxylic acids is 1. The van der Waals surface area contributed by atoms with Crippen molar-refractivity contribution in [1.82, 2.24) is 10.2 Å². The maximum atomic E-state index is 13.2. The molecule has 2 heterocycles. The molecule has 27 heavy (non-hydrogen) atoms. The van der Waals surface area contributed by atoms with E-state index in [1.165, 1.54) is 21.9 Å². The highest BCUT2D eigenvalue weighted by atomic mass is 16.4. The lowest BCUT2D eigenvalue weighted by atomic mass is 9.96. The molecule has 0 aliphatic carbocycles. The number of hydrogen-bond acceptors (Lipinski definition) is 4. The Balaban J connectivity index is 1.75. The number of hydrogen-bond donors (Lipinski definition) is 1. The van der Waals surface area contributed by atoms with Crippen LogP contribution in [-0.2, 0) is 4.79 Å². The minimum absolute atomic E-state index is 0.00710. The molecule has 0 bridgehead atoms. The van der Waals surface area contributed by atoms with E-state index < -0.39 is 12.0 Å². The van der Waals surface area contributed by atoms with Crippen molar-refractivity contribution in [3.63, 3.8) is 0 Å². The number of benzene rings is 2. The Kier molecular flexibility index (Phi) is 3.92. The summed E-state index contributed by atoms with van der Waals surface area (Å²) in [4.78, 5) is 39.6. The van der Waals surface area contributed by atoms with Crippen LogP contribution < -0.4 is 15.3 Å². The zero-order chi connectivity index (χ0) is 19.1. The molecule has 0 spiro atoms. The maximum absolute atomic E-state index is 13.2. The highest BCUT2D eigenvalue weighted by Gasteiger charge is 2.43. The largest absolute Gasteiger partial charge is 0.545 e. The molecule has 0 aromatic heterocycles. The number of carboxylic acid groups (broad SMARTS) is 1. The fourth-order valence-corrected chi connectivity index (χ4v) is 3.47. The molecule has 0 saturated heterocycles. The van der Waals surface area contributed by atoms with E-state index >= 15 is 0 Å². The molecule has 0 unspecified atom stereocenters. The Morgan fingerprint density at radius 1 is 1.11 bits per heavy atom. The Labute approximate surface area is 155 Å².